The number of benzene rings is 1. The molecule has 0 amide bonds. The van der Waals surface area contributed by atoms with E-state index < -0.39 is 10.0 Å². The number of carbonyl (C=O) groups excluding carboxylic acids is 1. The van der Waals surface area contributed by atoms with E-state index in [0.717, 1.165) is 6.26 Å². The fourth-order valence-corrected chi connectivity index (χ4v) is 2.59. The number of ketones is 1. The van der Waals surface area contributed by atoms with Crippen molar-refractivity contribution in [2.24, 2.45) is 7.05 Å². The van der Waals surface area contributed by atoms with E-state index >= 15 is 0 Å². The smallest absolute Gasteiger partial charge is 0.243 e. The van der Waals surface area contributed by atoms with Gasteiger partial charge in [-0.25, -0.2) is 17.6 Å². The van der Waals surface area contributed by atoms with Gasteiger partial charge in [0.15, 0.2) is 5.78 Å². The number of Topliss-reactive ketones (excluding diaryl/α,β-unsaturated/α-hetero) is 1. The van der Waals surface area contributed by atoms with Crippen molar-refractivity contribution in [3.63, 3.8) is 0 Å². The lowest BCUT2D eigenvalue weighted by Crippen LogP contribution is -3.00. The molecule has 0 unspecified atom stereocenters. The van der Waals surface area contributed by atoms with Crippen LogP contribution in [0, 0.1) is 0 Å². The van der Waals surface area contributed by atoms with E-state index in [-0.39, 0.29) is 18.2 Å². The van der Waals surface area contributed by atoms with Crippen molar-refractivity contribution in [3.8, 4) is 0 Å². The molecule has 1 N–H and O–H groups in total. The maximum Gasteiger partial charge on any atom is 0.243 e. The van der Waals surface area contributed by atoms with Gasteiger partial charge in [0.1, 0.15) is 12.4 Å². The molecule has 2 rings (SSSR count). The molecule has 2 aromatic rings. The zero-order chi connectivity index (χ0) is 15.5. The molecule has 0 aliphatic carbocycles. The van der Waals surface area contributed by atoms with E-state index in [1.54, 1.807) is 24.3 Å². The van der Waals surface area contributed by atoms with Crippen molar-refractivity contribution >= 4 is 21.5 Å². The minimum atomic E-state index is -3.41. The van der Waals surface area contributed by atoms with Gasteiger partial charge >= 0.3 is 0 Å². The largest absolute Gasteiger partial charge is 1.00 e. The van der Waals surface area contributed by atoms with Crippen molar-refractivity contribution in [1.29, 1.82) is 0 Å². The Balaban J connectivity index is 0.00000242. The third kappa shape index (κ3) is 5.16. The minimum absolute atomic E-state index is 0. The Bertz CT molecular complexity index is 756. The van der Waals surface area contributed by atoms with Gasteiger partial charge in [-0.05, 0) is 12.1 Å². The van der Waals surface area contributed by atoms with Crippen LogP contribution in [0.3, 0.4) is 0 Å². The summed E-state index contributed by atoms with van der Waals surface area (Å²) in [6.07, 6.45) is 7.02. The summed E-state index contributed by atoms with van der Waals surface area (Å²) in [5, 5.41) is 0. The minimum Gasteiger partial charge on any atom is -1.00 e. The molecule has 0 saturated heterocycles. The first-order chi connectivity index (χ1) is 9.85. The Labute approximate surface area is 136 Å². The number of halogens is 1. The number of aromatic nitrogens is 2. The fraction of sp³-hybridized carbons (Fsp3) is 0.286. The van der Waals surface area contributed by atoms with Gasteiger partial charge in [-0.15, -0.1) is 0 Å². The fourth-order valence-electron chi connectivity index (χ4n) is 2.01. The molecule has 1 aromatic heterocycles. The number of rotatable bonds is 6. The molecule has 0 aliphatic heterocycles. The van der Waals surface area contributed by atoms with Gasteiger partial charge in [-0.1, -0.05) is 12.1 Å². The van der Waals surface area contributed by atoms with E-state index in [4.69, 9.17) is 0 Å². The van der Waals surface area contributed by atoms with Gasteiger partial charge in [0, 0.05) is 12.0 Å². The SMILES string of the molecule is Cn1cc[n+](CCC(=O)c2ccccc2NS(C)(=O)=O)c1.[Cl-]. The summed E-state index contributed by atoms with van der Waals surface area (Å²) in [7, 11) is -1.50. The number of aryl methyl sites for hydroxylation is 2. The van der Waals surface area contributed by atoms with Crippen LogP contribution < -0.4 is 21.7 Å². The molecule has 0 spiro atoms. The van der Waals surface area contributed by atoms with E-state index in [1.807, 2.05) is 34.9 Å². The molecule has 6 nitrogen and oxygen atoms in total. The molecule has 1 heterocycles. The van der Waals surface area contributed by atoms with E-state index in [1.165, 1.54) is 0 Å². The van der Waals surface area contributed by atoms with Crippen molar-refractivity contribution < 1.29 is 30.2 Å². The average molecular weight is 344 g/mol. The molecule has 8 heteroatoms. The van der Waals surface area contributed by atoms with Crippen LogP contribution in [0.4, 0.5) is 5.69 Å². The molecule has 0 fully saturated rings. The molecule has 22 heavy (non-hydrogen) atoms. The topological polar surface area (TPSA) is 72.0 Å². The Kier molecular flexibility index (Phi) is 6.13. The highest BCUT2D eigenvalue weighted by molar-refractivity contribution is 7.92. The van der Waals surface area contributed by atoms with Gasteiger partial charge in [0.25, 0.3) is 0 Å². The highest BCUT2D eigenvalue weighted by Crippen LogP contribution is 2.18. The standard InChI is InChI=1S/C14H17N3O3S.ClH/c1-16-9-10-17(11-16)8-7-14(18)12-5-3-4-6-13(12)15-21(2,19)20;/h3-6,9-11H,7-8H2,1-2H3;1H. The third-order valence-corrected chi connectivity index (χ3v) is 3.53. The van der Waals surface area contributed by atoms with Gasteiger partial charge in [-0.3, -0.25) is 9.52 Å². The summed E-state index contributed by atoms with van der Waals surface area (Å²) in [6.45, 7) is 0.548. The second kappa shape index (κ2) is 7.42. The predicted octanol–water partition coefficient (Wildman–Crippen LogP) is -2.04. The third-order valence-electron chi connectivity index (χ3n) is 2.94. The van der Waals surface area contributed by atoms with Crippen LogP contribution in [0.15, 0.2) is 43.0 Å². The van der Waals surface area contributed by atoms with Gasteiger partial charge < -0.3 is 12.4 Å². The van der Waals surface area contributed by atoms with Crippen LogP contribution in [0.1, 0.15) is 16.8 Å². The summed E-state index contributed by atoms with van der Waals surface area (Å²) in [6, 6.07) is 6.63. The summed E-state index contributed by atoms with van der Waals surface area (Å²) in [5.74, 6) is -0.0990. The summed E-state index contributed by atoms with van der Waals surface area (Å²) in [4.78, 5) is 12.3. The maximum atomic E-state index is 12.3. The number of sulfonamides is 1. The Morgan fingerprint density at radius 2 is 2.00 bits per heavy atom. The second-order valence-corrected chi connectivity index (χ2v) is 6.66. The Hall–Kier alpha value is -1.86. The zero-order valence-electron chi connectivity index (χ0n) is 12.4. The Morgan fingerprint density at radius 1 is 1.32 bits per heavy atom. The van der Waals surface area contributed by atoms with E-state index in [0.29, 0.717) is 24.2 Å². The molecule has 0 radical (unpaired) electrons. The second-order valence-electron chi connectivity index (χ2n) is 4.91. The van der Waals surface area contributed by atoms with E-state index in [9.17, 15) is 13.2 Å². The molecular weight excluding hydrogens is 326 g/mol. The monoisotopic (exact) mass is 343 g/mol. The lowest BCUT2D eigenvalue weighted by molar-refractivity contribution is -0.695. The first kappa shape index (κ1) is 18.2. The molecular formula is C14H18ClN3O3S. The molecule has 120 valence electrons. The number of anilines is 1. The van der Waals surface area contributed by atoms with Crippen molar-refractivity contribution in [2.45, 2.75) is 13.0 Å². The summed E-state index contributed by atoms with van der Waals surface area (Å²) in [5.41, 5.74) is 0.711. The van der Waals surface area contributed by atoms with Crippen LogP contribution in [0.5, 0.6) is 0 Å². The quantitative estimate of drug-likeness (QED) is 0.485. The lowest BCUT2D eigenvalue weighted by atomic mass is 10.1. The van der Waals surface area contributed by atoms with Crippen LogP contribution in [-0.4, -0.2) is 25.0 Å². The highest BCUT2D eigenvalue weighted by Gasteiger charge is 2.14. The number of hydrogen-bond donors (Lipinski definition) is 1. The normalized spacial score (nSPS) is 10.8. The maximum absolute atomic E-state index is 12.3. The predicted molar refractivity (Wildman–Crippen MR) is 79.5 cm³/mol. The first-order valence-corrected chi connectivity index (χ1v) is 8.35. The molecule has 0 atom stereocenters. The van der Waals surface area contributed by atoms with Crippen LogP contribution in [0.25, 0.3) is 0 Å². The number of carbonyl (C=O) groups is 1. The van der Waals surface area contributed by atoms with Crippen LogP contribution in [-0.2, 0) is 23.6 Å². The number of nitrogens with one attached hydrogen (secondary N) is 1. The number of nitrogens with zero attached hydrogens (tertiary/aromatic N) is 2. The number of para-hydroxylation sites is 1. The molecule has 0 saturated carbocycles. The lowest BCUT2D eigenvalue weighted by Gasteiger charge is -2.09. The first-order valence-electron chi connectivity index (χ1n) is 6.46. The van der Waals surface area contributed by atoms with Gasteiger partial charge in [-0.2, -0.15) is 0 Å². The zero-order valence-corrected chi connectivity index (χ0v) is 13.9. The van der Waals surface area contributed by atoms with Crippen LogP contribution in [0.2, 0.25) is 0 Å². The number of imidazole rings is 1. The van der Waals surface area contributed by atoms with Crippen molar-refractivity contribution in [1.82, 2.24) is 4.57 Å². The summed E-state index contributed by atoms with van der Waals surface area (Å²) >= 11 is 0. The molecule has 0 bridgehead atoms. The average Bonchev–Trinajstić information content (AvgIpc) is 2.80. The highest BCUT2D eigenvalue weighted by atomic mass is 35.5. The van der Waals surface area contributed by atoms with E-state index in [2.05, 4.69) is 4.72 Å². The molecule has 0 aliphatic rings. The van der Waals surface area contributed by atoms with Gasteiger partial charge in [0.2, 0.25) is 16.4 Å². The van der Waals surface area contributed by atoms with Crippen molar-refractivity contribution in [3.05, 3.63) is 48.5 Å². The molecule has 1 aromatic carbocycles. The van der Waals surface area contributed by atoms with Gasteiger partial charge in [0.05, 0.1) is 25.5 Å². The number of hydrogen-bond acceptors (Lipinski definition) is 3. The van der Waals surface area contributed by atoms with Crippen molar-refractivity contribution in [2.75, 3.05) is 11.0 Å². The Morgan fingerprint density at radius 3 is 2.59 bits per heavy atom. The summed E-state index contributed by atoms with van der Waals surface area (Å²) < 4.78 is 28.8. The van der Waals surface area contributed by atoms with Crippen LogP contribution >= 0.6 is 0 Å².